The first-order valence-corrected chi connectivity index (χ1v) is 9.90. The number of esters is 1. The largest absolute Gasteiger partial charge is 0.462 e. The quantitative estimate of drug-likeness (QED) is 0.529. The normalized spacial score (nSPS) is 11.8. The fourth-order valence-electron chi connectivity index (χ4n) is 2.49. The Hall–Kier alpha value is -2.25. The lowest BCUT2D eigenvalue weighted by Gasteiger charge is -2.09. The van der Waals surface area contributed by atoms with Crippen LogP contribution in [0.4, 0.5) is 0 Å². The van der Waals surface area contributed by atoms with Crippen LogP contribution in [0, 0.1) is 0 Å². The van der Waals surface area contributed by atoms with Crippen molar-refractivity contribution in [2.75, 3.05) is 12.9 Å². The van der Waals surface area contributed by atoms with Gasteiger partial charge in [-0.15, -0.1) is 11.3 Å². The second-order valence-electron chi connectivity index (χ2n) is 5.26. The molecular weight excluding hydrogens is 348 g/mol. The van der Waals surface area contributed by atoms with Crippen molar-refractivity contribution in [1.29, 1.82) is 0 Å². The summed E-state index contributed by atoms with van der Waals surface area (Å²) in [6.07, 6.45) is 1.06. The standard InChI is InChI=1S/C17H14O5S2/c1-3-22-17(19)12-8-10(24(2,20)21)9-14-15(12)16(18)11-6-4-5-7-13(11)23-14/h4-9H,3H2,1-2H3. The van der Waals surface area contributed by atoms with E-state index in [-0.39, 0.29) is 27.9 Å². The third-order valence-electron chi connectivity index (χ3n) is 3.58. The van der Waals surface area contributed by atoms with E-state index < -0.39 is 15.8 Å². The maximum absolute atomic E-state index is 12.8. The van der Waals surface area contributed by atoms with Crippen LogP contribution in [0.1, 0.15) is 17.3 Å². The van der Waals surface area contributed by atoms with Gasteiger partial charge in [0.2, 0.25) is 0 Å². The molecule has 0 spiro atoms. The number of ether oxygens (including phenoxy) is 1. The molecular formula is C17H14O5S2. The zero-order valence-corrected chi connectivity index (χ0v) is 14.7. The second kappa shape index (κ2) is 5.99. The summed E-state index contributed by atoms with van der Waals surface area (Å²) in [5.41, 5.74) is -0.316. The van der Waals surface area contributed by atoms with Crippen LogP contribution in [0.5, 0.6) is 0 Å². The van der Waals surface area contributed by atoms with Crippen molar-refractivity contribution in [2.24, 2.45) is 0 Å². The Morgan fingerprint density at radius 3 is 2.54 bits per heavy atom. The molecule has 3 aromatic rings. The predicted molar refractivity (Wildman–Crippen MR) is 94.7 cm³/mol. The van der Waals surface area contributed by atoms with Gasteiger partial charge in [0.25, 0.3) is 0 Å². The highest BCUT2D eigenvalue weighted by Crippen LogP contribution is 2.29. The molecule has 2 aromatic carbocycles. The highest BCUT2D eigenvalue weighted by molar-refractivity contribution is 7.90. The lowest BCUT2D eigenvalue weighted by atomic mass is 10.1. The van der Waals surface area contributed by atoms with Crippen molar-refractivity contribution in [2.45, 2.75) is 11.8 Å². The molecule has 0 atom stereocenters. The van der Waals surface area contributed by atoms with E-state index in [0.717, 1.165) is 11.0 Å². The van der Waals surface area contributed by atoms with E-state index in [1.54, 1.807) is 31.2 Å². The number of fused-ring (bicyclic) bond motifs is 2. The van der Waals surface area contributed by atoms with Gasteiger partial charge in [0.1, 0.15) is 0 Å². The SMILES string of the molecule is CCOC(=O)c1cc(S(C)(=O)=O)cc2sc3ccccc3c(=O)c12. The van der Waals surface area contributed by atoms with Gasteiger partial charge in [-0.25, -0.2) is 13.2 Å². The molecule has 0 aliphatic heterocycles. The average Bonchev–Trinajstić information content (AvgIpc) is 2.53. The lowest BCUT2D eigenvalue weighted by molar-refractivity contribution is 0.0528. The third-order valence-corrected chi connectivity index (χ3v) is 5.79. The van der Waals surface area contributed by atoms with Gasteiger partial charge < -0.3 is 4.74 Å². The van der Waals surface area contributed by atoms with Gasteiger partial charge in [-0.1, -0.05) is 12.1 Å². The molecule has 1 heterocycles. The van der Waals surface area contributed by atoms with Crippen LogP contribution < -0.4 is 5.43 Å². The summed E-state index contributed by atoms with van der Waals surface area (Å²) >= 11 is 1.27. The van der Waals surface area contributed by atoms with Crippen LogP contribution in [0.15, 0.2) is 46.1 Å². The van der Waals surface area contributed by atoms with Gasteiger partial charge in [-0.2, -0.15) is 0 Å². The summed E-state index contributed by atoms with van der Waals surface area (Å²) < 4.78 is 30.0. The van der Waals surface area contributed by atoms with E-state index in [1.807, 2.05) is 0 Å². The molecule has 0 aliphatic rings. The highest BCUT2D eigenvalue weighted by Gasteiger charge is 2.20. The fourth-order valence-corrected chi connectivity index (χ4v) is 4.37. The van der Waals surface area contributed by atoms with Crippen LogP contribution in [-0.2, 0) is 14.6 Å². The number of hydrogen-bond acceptors (Lipinski definition) is 6. The molecule has 0 amide bonds. The summed E-state index contributed by atoms with van der Waals surface area (Å²) in [5, 5.41) is 0.692. The van der Waals surface area contributed by atoms with Gasteiger partial charge in [-0.3, -0.25) is 4.79 Å². The first-order chi connectivity index (χ1) is 11.3. The molecule has 0 unspecified atom stereocenters. The molecule has 124 valence electrons. The molecule has 0 radical (unpaired) electrons. The first kappa shape index (κ1) is 16.6. The minimum atomic E-state index is -3.53. The Labute approximate surface area is 142 Å². The van der Waals surface area contributed by atoms with E-state index >= 15 is 0 Å². The molecule has 0 fully saturated rings. The Kier molecular flexibility index (Phi) is 4.15. The molecule has 0 saturated carbocycles. The summed E-state index contributed by atoms with van der Waals surface area (Å²) in [5.74, 6) is -0.701. The molecule has 3 rings (SSSR count). The van der Waals surface area contributed by atoms with Crippen LogP contribution in [0.3, 0.4) is 0 Å². The number of sulfone groups is 1. The topological polar surface area (TPSA) is 77.5 Å². The predicted octanol–water partition coefficient (Wildman–Crippen LogP) is 2.99. The lowest BCUT2D eigenvalue weighted by Crippen LogP contribution is -2.12. The molecule has 0 saturated heterocycles. The molecule has 7 heteroatoms. The summed E-state index contributed by atoms with van der Waals surface area (Å²) in [4.78, 5) is 25.1. The van der Waals surface area contributed by atoms with Gasteiger partial charge in [0.05, 0.1) is 22.5 Å². The maximum atomic E-state index is 12.8. The summed E-state index contributed by atoms with van der Waals surface area (Å²) in [6, 6.07) is 9.68. The minimum absolute atomic E-state index is 0.0102. The Morgan fingerprint density at radius 2 is 1.88 bits per heavy atom. The number of carbonyl (C=O) groups is 1. The van der Waals surface area contributed by atoms with Crippen molar-refractivity contribution in [3.63, 3.8) is 0 Å². The number of carbonyl (C=O) groups excluding carboxylic acids is 1. The van der Waals surface area contributed by atoms with Crippen LogP contribution in [0.2, 0.25) is 0 Å². The van der Waals surface area contributed by atoms with Gasteiger partial charge in [0, 0.05) is 21.0 Å². The monoisotopic (exact) mass is 362 g/mol. The van der Waals surface area contributed by atoms with Crippen molar-refractivity contribution >= 4 is 47.3 Å². The van der Waals surface area contributed by atoms with Crippen LogP contribution >= 0.6 is 11.3 Å². The molecule has 24 heavy (non-hydrogen) atoms. The summed E-state index contributed by atoms with van der Waals surface area (Å²) in [6.45, 7) is 1.78. The highest BCUT2D eigenvalue weighted by atomic mass is 32.2. The molecule has 1 aromatic heterocycles. The van der Waals surface area contributed by atoms with Crippen molar-refractivity contribution in [3.05, 3.63) is 52.2 Å². The third kappa shape index (κ3) is 2.81. The number of hydrogen-bond donors (Lipinski definition) is 0. The van der Waals surface area contributed by atoms with Crippen LogP contribution in [-0.4, -0.2) is 27.2 Å². The minimum Gasteiger partial charge on any atom is -0.462 e. The van der Waals surface area contributed by atoms with E-state index in [9.17, 15) is 18.0 Å². The Balaban J connectivity index is 2.51. The molecule has 0 aliphatic carbocycles. The second-order valence-corrected chi connectivity index (χ2v) is 8.36. The fraction of sp³-hybridized carbons (Fsp3) is 0.176. The first-order valence-electron chi connectivity index (χ1n) is 7.19. The Bertz CT molecular complexity index is 1130. The number of benzene rings is 2. The zero-order valence-electron chi connectivity index (χ0n) is 13.0. The van der Waals surface area contributed by atoms with E-state index in [2.05, 4.69) is 0 Å². The summed E-state index contributed by atoms with van der Waals surface area (Å²) in [7, 11) is -3.53. The van der Waals surface area contributed by atoms with Gasteiger partial charge in [-0.05, 0) is 31.2 Å². The molecule has 0 bridgehead atoms. The number of rotatable bonds is 3. The van der Waals surface area contributed by atoms with Gasteiger partial charge in [0.15, 0.2) is 15.3 Å². The molecule has 0 N–H and O–H groups in total. The molecule has 5 nitrogen and oxygen atoms in total. The van der Waals surface area contributed by atoms with E-state index in [0.29, 0.717) is 10.1 Å². The van der Waals surface area contributed by atoms with E-state index in [4.69, 9.17) is 4.74 Å². The van der Waals surface area contributed by atoms with Crippen LogP contribution in [0.25, 0.3) is 20.2 Å². The maximum Gasteiger partial charge on any atom is 0.338 e. The Morgan fingerprint density at radius 1 is 1.17 bits per heavy atom. The zero-order chi connectivity index (χ0) is 17.5. The van der Waals surface area contributed by atoms with E-state index in [1.165, 1.54) is 23.5 Å². The van der Waals surface area contributed by atoms with Gasteiger partial charge >= 0.3 is 5.97 Å². The van der Waals surface area contributed by atoms with Crippen molar-refractivity contribution < 1.29 is 17.9 Å². The smallest absolute Gasteiger partial charge is 0.338 e. The van der Waals surface area contributed by atoms with Crippen molar-refractivity contribution in [3.8, 4) is 0 Å². The van der Waals surface area contributed by atoms with Crippen molar-refractivity contribution in [1.82, 2.24) is 0 Å². The average molecular weight is 362 g/mol.